The van der Waals surface area contributed by atoms with Crippen LogP contribution in [0.25, 0.3) is 116 Å². The number of carboxylic acids is 1. The van der Waals surface area contributed by atoms with Crippen molar-refractivity contribution in [1.82, 2.24) is 73.9 Å². The normalized spacial score (nSPS) is 13.5. The number of rotatable bonds is 18. The van der Waals surface area contributed by atoms with E-state index in [4.69, 9.17) is 33.4 Å². The molecule has 0 radical (unpaired) electrons. The van der Waals surface area contributed by atoms with Gasteiger partial charge in [0.25, 0.3) is 35.4 Å². The van der Waals surface area contributed by atoms with Crippen LogP contribution < -0.4 is 16.0 Å². The first-order chi connectivity index (χ1) is 53.3. The van der Waals surface area contributed by atoms with Crippen molar-refractivity contribution in [2.24, 2.45) is 0 Å². The lowest BCUT2D eigenvalue weighted by molar-refractivity contribution is -0.137. The molecule has 6 amide bonds. The summed E-state index contributed by atoms with van der Waals surface area (Å²) < 4.78 is 10.9. The number of aldehydes is 1. The lowest BCUT2D eigenvalue weighted by Gasteiger charge is -2.03. The zero-order valence-corrected chi connectivity index (χ0v) is 59.0. The molecule has 9 aromatic heterocycles. The first-order valence-electron chi connectivity index (χ1n) is 34.4. The van der Waals surface area contributed by atoms with Crippen molar-refractivity contribution in [2.75, 3.05) is 11.9 Å². The minimum atomic E-state index is -0.951. The number of carbonyl (C=O) groups is 8. The van der Waals surface area contributed by atoms with Crippen LogP contribution in [0.2, 0.25) is 0 Å². The summed E-state index contributed by atoms with van der Waals surface area (Å²) in [5.41, 5.74) is 12.0. The number of nitrogens with zero attached hydrogens (tertiary/aromatic N) is 12. The van der Waals surface area contributed by atoms with E-state index in [1.165, 1.54) is 0 Å². The van der Waals surface area contributed by atoms with E-state index < -0.39 is 41.4 Å². The Morgan fingerprint density at radius 1 is 0.385 bits per heavy atom. The highest BCUT2D eigenvalue weighted by molar-refractivity contribution is 6.52. The molecule has 15 aromatic rings. The second-order valence-corrected chi connectivity index (χ2v) is 25.9. The summed E-state index contributed by atoms with van der Waals surface area (Å²) in [5, 5.41) is 44.7. The number of imide groups is 3. The second-order valence-electron chi connectivity index (χ2n) is 25.1. The molecule has 0 spiro atoms. The zero-order valence-electron chi connectivity index (χ0n) is 57.5. The molecule has 109 heavy (non-hydrogen) atoms. The molecule has 3 aliphatic rings. The molecule has 0 fully saturated rings. The Morgan fingerprint density at radius 2 is 0.679 bits per heavy atom. The van der Waals surface area contributed by atoms with Crippen LogP contribution in [0.1, 0.15) is 53.0 Å². The van der Waals surface area contributed by atoms with Gasteiger partial charge in [-0.1, -0.05) is 109 Å². The van der Waals surface area contributed by atoms with Gasteiger partial charge in [-0.3, -0.25) is 78.5 Å². The number of benzene rings is 6. The maximum absolute atomic E-state index is 13.2. The monoisotopic (exact) mass is 1490 g/mol. The van der Waals surface area contributed by atoms with Crippen LogP contribution in [0, 0.1) is 0 Å². The molecule has 27 heteroatoms. The van der Waals surface area contributed by atoms with Crippen molar-refractivity contribution >= 4 is 170 Å². The van der Waals surface area contributed by atoms with E-state index in [2.05, 4.69) is 41.1 Å². The van der Waals surface area contributed by atoms with E-state index in [0.717, 1.165) is 77.9 Å². The van der Waals surface area contributed by atoms with E-state index >= 15 is 0 Å². The Bertz CT molecular complexity index is 6290. The molecular weight excluding hydrogens is 1430 g/mol. The van der Waals surface area contributed by atoms with Gasteiger partial charge >= 0.3 is 5.97 Å². The number of aliphatic carboxylic acids is 1. The molecule has 12 heterocycles. The van der Waals surface area contributed by atoms with E-state index in [1.54, 1.807) is 51.2 Å². The SMILES string of the molecule is ClCCl.O=C(O)CCn1nc(C2=C(c3cn(-c4cccnc4)c4ccccc34)C(=O)NC2=O)c2ccccc21.O=C1NC(=O)C(c2nn(CCCO)c3ccccc23)=C1c1cn(-c2cccnc2)c2ccccc12.O=CCCn1nc(C2=C(c3cn(-c4cccnc4)c4ccccc34)C(=O)NC2=O)c2ccccc21. The highest BCUT2D eigenvalue weighted by Crippen LogP contribution is 2.43. The number of pyridine rings is 3. The molecule has 3 aliphatic heterocycles. The summed E-state index contributed by atoms with van der Waals surface area (Å²) in [6, 6.07) is 56.8. The number of hydrogen-bond acceptors (Lipinski definition) is 15. The Morgan fingerprint density at radius 3 is 0.982 bits per heavy atom. The molecule has 0 unspecified atom stereocenters. The van der Waals surface area contributed by atoms with Crippen molar-refractivity contribution in [3.63, 3.8) is 0 Å². The number of halogens is 2. The molecule has 0 aliphatic carbocycles. The number of aryl methyl sites for hydroxylation is 3. The number of amides is 6. The number of fused-ring (bicyclic) bond motifs is 6. The predicted octanol–water partition coefficient (Wildman–Crippen LogP) is 11.7. The van der Waals surface area contributed by atoms with Crippen LogP contribution in [0.15, 0.2) is 238 Å². The van der Waals surface area contributed by atoms with Crippen LogP contribution in [-0.2, 0) is 58.0 Å². The Labute approximate surface area is 628 Å². The summed E-state index contributed by atoms with van der Waals surface area (Å²) in [6.07, 6.45) is 17.4. The summed E-state index contributed by atoms with van der Waals surface area (Å²) in [6.45, 7) is 1.04. The van der Waals surface area contributed by atoms with Crippen molar-refractivity contribution in [3.05, 3.63) is 272 Å². The number of carboxylic acid groups (broad SMARTS) is 1. The molecule has 25 nitrogen and oxygen atoms in total. The molecule has 18 rings (SSSR count). The Balaban J connectivity index is 0.000000128. The quantitative estimate of drug-likeness (QED) is 0.0303. The fourth-order valence-corrected chi connectivity index (χ4v) is 14.1. The number of aliphatic hydroxyl groups excluding tert-OH is 1. The molecule has 5 N–H and O–H groups in total. The van der Waals surface area contributed by atoms with Crippen molar-refractivity contribution < 1.29 is 48.6 Å². The van der Waals surface area contributed by atoms with E-state index in [9.17, 15) is 43.5 Å². The lowest BCUT2D eigenvalue weighted by Crippen LogP contribution is -2.22. The van der Waals surface area contributed by atoms with E-state index in [0.29, 0.717) is 76.2 Å². The van der Waals surface area contributed by atoms with Crippen LogP contribution >= 0.6 is 23.2 Å². The average Bonchev–Trinajstić information content (AvgIpc) is 1.59. The molecule has 538 valence electrons. The largest absolute Gasteiger partial charge is 0.481 e. The van der Waals surface area contributed by atoms with Gasteiger partial charge in [0.05, 0.1) is 120 Å². The highest BCUT2D eigenvalue weighted by Gasteiger charge is 2.40. The molecule has 0 bridgehead atoms. The number of aromatic nitrogens is 12. The second kappa shape index (κ2) is 30.7. The van der Waals surface area contributed by atoms with Gasteiger partial charge in [-0.15, -0.1) is 23.2 Å². The van der Waals surface area contributed by atoms with Crippen LogP contribution in [0.4, 0.5) is 0 Å². The third kappa shape index (κ3) is 13.3. The van der Waals surface area contributed by atoms with E-state index in [-0.39, 0.29) is 52.8 Å². The number of alkyl halides is 2. The van der Waals surface area contributed by atoms with Gasteiger partial charge in [0, 0.05) is 112 Å². The third-order valence-electron chi connectivity index (χ3n) is 18.7. The zero-order chi connectivity index (χ0) is 75.4. The lowest BCUT2D eigenvalue weighted by atomic mass is 9.97. The maximum atomic E-state index is 13.2. The summed E-state index contributed by atoms with van der Waals surface area (Å²) >= 11 is 9.53. The van der Waals surface area contributed by atoms with Gasteiger partial charge in [-0.05, 0) is 79.2 Å². The molecule has 6 aromatic carbocycles. The number of hydrogen-bond donors (Lipinski definition) is 5. The Kier molecular flexibility index (Phi) is 19.9. The van der Waals surface area contributed by atoms with Crippen molar-refractivity contribution in [3.8, 4) is 17.1 Å². The molecule has 0 saturated heterocycles. The van der Waals surface area contributed by atoms with Gasteiger partial charge < -0.3 is 28.7 Å². The van der Waals surface area contributed by atoms with Crippen molar-refractivity contribution in [1.29, 1.82) is 0 Å². The molecule has 0 atom stereocenters. The average molecular weight is 1490 g/mol. The van der Waals surface area contributed by atoms with Gasteiger partial charge in [0.15, 0.2) is 0 Å². The minimum absolute atomic E-state index is 0.0320. The van der Waals surface area contributed by atoms with Crippen LogP contribution in [0.5, 0.6) is 0 Å². The smallest absolute Gasteiger partial charge is 0.305 e. The fraction of sp³-hybridized carbons (Fsp3) is 0.0976. The summed E-state index contributed by atoms with van der Waals surface area (Å²) in [5.74, 6) is -3.88. The minimum Gasteiger partial charge on any atom is -0.481 e. The third-order valence-corrected chi connectivity index (χ3v) is 18.7. The topological polar surface area (TPSA) is 320 Å². The standard InChI is InChI=1S/C27H19N5O4.C27H21N5O3.C27H19N5O3.CH2Cl2/c33-22(34)11-13-32-21-10-4-2-8-18(21)25(30-32)24-23(26(35)29-27(24)36)19-15-31(16-6-5-12-28-14-16)20-9-3-1-7-17(19)20;2*33-14-6-13-32-22-11-4-2-9-19(22)25(30-32)24-23(26(34)29-27(24)35)20-16-31(17-7-5-12-28-15-17)21-10-3-1-8-18(20)21;2-1-3/h1-10,12,14-15H,11,13H2,(H,33,34)(H,29,35,36);1-5,7-12,15-16,33H,6,13-14H2,(H,29,34,35);1-5,7-12,14-16H,6,13H2,(H,29,34,35);1H2. The summed E-state index contributed by atoms with van der Waals surface area (Å²) in [7, 11) is 0. The number of para-hydroxylation sites is 6. The number of nitrogens with one attached hydrogen (secondary N) is 3. The number of aliphatic hydroxyl groups is 1. The predicted molar refractivity (Wildman–Crippen MR) is 414 cm³/mol. The highest BCUT2D eigenvalue weighted by atomic mass is 35.5. The van der Waals surface area contributed by atoms with Gasteiger partial charge in [0.2, 0.25) is 0 Å². The van der Waals surface area contributed by atoms with Gasteiger partial charge in [-0.25, -0.2) is 0 Å². The first-order valence-corrected chi connectivity index (χ1v) is 35.4. The first kappa shape index (κ1) is 70.8. The number of carbonyl (C=O) groups excluding carboxylic acids is 7. The van der Waals surface area contributed by atoms with Crippen LogP contribution in [0.3, 0.4) is 0 Å². The van der Waals surface area contributed by atoms with Gasteiger partial charge in [-0.2, -0.15) is 15.3 Å². The fourth-order valence-electron chi connectivity index (χ4n) is 14.1. The van der Waals surface area contributed by atoms with Crippen molar-refractivity contribution in [2.45, 2.75) is 38.9 Å². The molecule has 0 saturated carbocycles. The molecular formula is C82H61Cl2N15O10. The Hall–Kier alpha value is -13.9. The van der Waals surface area contributed by atoms with E-state index in [1.807, 2.05) is 214 Å². The van der Waals surface area contributed by atoms with Crippen LogP contribution in [-0.4, -0.2) is 128 Å². The summed E-state index contributed by atoms with van der Waals surface area (Å²) in [4.78, 5) is 114. The van der Waals surface area contributed by atoms with Gasteiger partial charge in [0.1, 0.15) is 23.4 Å². The maximum Gasteiger partial charge on any atom is 0.305 e.